The Balaban J connectivity index is 2.10. The zero-order valence-corrected chi connectivity index (χ0v) is 6.52. The molecule has 0 heterocycles. The van der Waals surface area contributed by atoms with Gasteiger partial charge in [-0.05, 0) is 13.3 Å². The third kappa shape index (κ3) is 3.55. The number of hydrogen-bond acceptors (Lipinski definition) is 2. The molecule has 1 amide bonds. The Morgan fingerprint density at radius 3 is 2.73 bits per heavy atom. The molecule has 3 heteroatoms. The highest BCUT2D eigenvalue weighted by molar-refractivity contribution is 5.85. The second-order valence-electron chi connectivity index (χ2n) is 2.72. The fourth-order valence-corrected chi connectivity index (χ4v) is 0.708. The van der Waals surface area contributed by atoms with E-state index in [0.29, 0.717) is 6.42 Å². The van der Waals surface area contributed by atoms with Crippen molar-refractivity contribution in [3.8, 4) is 0 Å². The Labute approximate surface area is 65.5 Å². The van der Waals surface area contributed by atoms with E-state index in [2.05, 4.69) is 5.32 Å². The number of ketones is 1. The molecule has 0 aromatic heterocycles. The van der Waals surface area contributed by atoms with Crippen LogP contribution < -0.4 is 5.32 Å². The smallest absolute Gasteiger partial charge is 0.224 e. The number of carbonyl (C=O) groups excluding carboxylic acids is 2. The normalized spacial score (nSPS) is 13.7. The number of allylic oxidation sites excluding steroid dienone is 1. The quantitative estimate of drug-likeness (QED) is 0.595. The highest BCUT2D eigenvalue weighted by atomic mass is 16.2. The molecule has 1 N–H and O–H groups in total. The van der Waals surface area contributed by atoms with Crippen LogP contribution in [0.1, 0.15) is 19.8 Å². The van der Waals surface area contributed by atoms with Crippen molar-refractivity contribution in [2.24, 2.45) is 0 Å². The van der Waals surface area contributed by atoms with Gasteiger partial charge < -0.3 is 5.32 Å². The van der Waals surface area contributed by atoms with E-state index in [1.54, 1.807) is 0 Å². The van der Waals surface area contributed by atoms with E-state index in [9.17, 15) is 9.59 Å². The Bertz CT molecular complexity index is 218. The summed E-state index contributed by atoms with van der Waals surface area (Å²) in [6.07, 6.45) is 3.44. The molecule has 0 saturated carbocycles. The van der Waals surface area contributed by atoms with Crippen molar-refractivity contribution in [2.45, 2.75) is 19.8 Å². The van der Waals surface area contributed by atoms with Gasteiger partial charge >= 0.3 is 0 Å². The minimum atomic E-state index is -0.0519. The van der Waals surface area contributed by atoms with Crippen molar-refractivity contribution >= 4 is 11.7 Å². The first-order valence-corrected chi connectivity index (χ1v) is 3.62. The van der Waals surface area contributed by atoms with Gasteiger partial charge in [-0.15, -0.1) is 0 Å². The van der Waals surface area contributed by atoms with Crippen molar-refractivity contribution in [3.63, 3.8) is 0 Å². The van der Waals surface area contributed by atoms with Gasteiger partial charge in [0.2, 0.25) is 5.91 Å². The second kappa shape index (κ2) is 3.32. The summed E-state index contributed by atoms with van der Waals surface area (Å²) in [5.41, 5.74) is 1.17. The van der Waals surface area contributed by atoms with E-state index >= 15 is 0 Å². The fourth-order valence-electron chi connectivity index (χ4n) is 0.708. The maximum absolute atomic E-state index is 10.9. The van der Waals surface area contributed by atoms with Gasteiger partial charge in [-0.1, -0.05) is 11.6 Å². The van der Waals surface area contributed by atoms with Crippen LogP contribution in [0.2, 0.25) is 0 Å². The molecule has 1 rings (SSSR count). The first-order valence-electron chi connectivity index (χ1n) is 3.62. The van der Waals surface area contributed by atoms with E-state index in [1.807, 2.05) is 6.08 Å². The molecule has 1 aliphatic carbocycles. The molecule has 60 valence electrons. The van der Waals surface area contributed by atoms with Crippen LogP contribution in [0.25, 0.3) is 0 Å². The Hall–Kier alpha value is -1.12. The molecular weight excluding hydrogens is 142 g/mol. The molecular formula is C8H11NO2. The van der Waals surface area contributed by atoms with Gasteiger partial charge in [-0.25, -0.2) is 0 Å². The number of rotatable bonds is 4. The van der Waals surface area contributed by atoms with Crippen molar-refractivity contribution in [1.29, 1.82) is 0 Å². The third-order valence-electron chi connectivity index (χ3n) is 1.41. The van der Waals surface area contributed by atoms with Crippen LogP contribution in [0.15, 0.2) is 11.6 Å². The predicted molar refractivity (Wildman–Crippen MR) is 41.0 cm³/mol. The molecule has 3 nitrogen and oxygen atoms in total. The molecule has 0 bridgehead atoms. The number of carbonyl (C=O) groups is 2. The zero-order valence-electron chi connectivity index (χ0n) is 6.52. The molecule has 0 aromatic carbocycles. The van der Waals surface area contributed by atoms with Crippen molar-refractivity contribution in [3.05, 3.63) is 11.6 Å². The molecule has 0 spiro atoms. The Morgan fingerprint density at radius 1 is 1.64 bits per heavy atom. The maximum atomic E-state index is 10.9. The van der Waals surface area contributed by atoms with Crippen LogP contribution in [-0.4, -0.2) is 18.2 Å². The highest BCUT2D eigenvalue weighted by Gasteiger charge is 2.11. The molecule has 0 aromatic rings. The Morgan fingerprint density at radius 2 is 2.27 bits per heavy atom. The van der Waals surface area contributed by atoms with E-state index in [-0.39, 0.29) is 18.2 Å². The van der Waals surface area contributed by atoms with Gasteiger partial charge in [-0.3, -0.25) is 9.59 Å². The lowest BCUT2D eigenvalue weighted by atomic mass is 10.3. The standard InChI is InChI=1S/C8H11NO2/c1-6(10)5-9-8(11)4-7-2-3-7/h2H,3-5H2,1H3,(H,9,11). The number of amides is 1. The largest absolute Gasteiger partial charge is 0.349 e. The minimum Gasteiger partial charge on any atom is -0.349 e. The highest BCUT2D eigenvalue weighted by Crippen LogP contribution is 2.21. The van der Waals surface area contributed by atoms with Crippen LogP contribution in [0.3, 0.4) is 0 Å². The third-order valence-corrected chi connectivity index (χ3v) is 1.41. The van der Waals surface area contributed by atoms with Crippen LogP contribution in [-0.2, 0) is 9.59 Å². The van der Waals surface area contributed by atoms with Crippen LogP contribution in [0, 0.1) is 0 Å². The van der Waals surface area contributed by atoms with Crippen molar-refractivity contribution in [1.82, 2.24) is 5.32 Å². The summed E-state index contributed by atoms with van der Waals surface area (Å²) in [6.45, 7) is 1.61. The van der Waals surface area contributed by atoms with Gasteiger partial charge in [0.1, 0.15) is 5.78 Å². The summed E-state index contributed by atoms with van der Waals surface area (Å²) < 4.78 is 0. The zero-order chi connectivity index (χ0) is 8.27. The summed E-state index contributed by atoms with van der Waals surface area (Å²) in [7, 11) is 0. The number of nitrogens with one attached hydrogen (secondary N) is 1. The van der Waals surface area contributed by atoms with Crippen molar-refractivity contribution in [2.75, 3.05) is 6.54 Å². The lowest BCUT2D eigenvalue weighted by Gasteiger charge is -1.98. The van der Waals surface area contributed by atoms with Gasteiger partial charge in [0.25, 0.3) is 0 Å². The summed E-state index contributed by atoms with van der Waals surface area (Å²) >= 11 is 0. The topological polar surface area (TPSA) is 46.2 Å². The van der Waals surface area contributed by atoms with E-state index in [4.69, 9.17) is 0 Å². The number of hydrogen-bond donors (Lipinski definition) is 1. The predicted octanol–water partition coefficient (Wildman–Crippen LogP) is 0.412. The summed E-state index contributed by atoms with van der Waals surface area (Å²) in [6, 6.07) is 0. The van der Waals surface area contributed by atoms with Gasteiger partial charge in [0.05, 0.1) is 6.54 Å². The van der Waals surface area contributed by atoms with Crippen LogP contribution in [0.5, 0.6) is 0 Å². The molecule has 0 fully saturated rings. The van der Waals surface area contributed by atoms with E-state index < -0.39 is 0 Å². The fraction of sp³-hybridized carbons (Fsp3) is 0.500. The Kier molecular flexibility index (Phi) is 2.41. The summed E-state index contributed by atoms with van der Waals surface area (Å²) in [5, 5.41) is 2.52. The monoisotopic (exact) mass is 153 g/mol. The molecule has 11 heavy (non-hydrogen) atoms. The molecule has 0 aliphatic heterocycles. The average Bonchev–Trinajstić information content (AvgIpc) is 2.67. The van der Waals surface area contributed by atoms with E-state index in [0.717, 1.165) is 6.42 Å². The van der Waals surface area contributed by atoms with Crippen molar-refractivity contribution < 1.29 is 9.59 Å². The van der Waals surface area contributed by atoms with E-state index in [1.165, 1.54) is 12.5 Å². The maximum Gasteiger partial charge on any atom is 0.224 e. The molecule has 0 radical (unpaired) electrons. The molecule has 0 unspecified atom stereocenters. The average molecular weight is 153 g/mol. The molecule has 0 saturated heterocycles. The summed E-state index contributed by atoms with van der Waals surface area (Å²) in [4.78, 5) is 21.3. The molecule has 0 atom stereocenters. The SMILES string of the molecule is CC(=O)CNC(=O)CC1=CC1. The van der Waals surface area contributed by atoms with Crippen LogP contribution >= 0.6 is 0 Å². The lowest BCUT2D eigenvalue weighted by Crippen LogP contribution is -2.27. The summed E-state index contributed by atoms with van der Waals surface area (Å²) in [5.74, 6) is -0.0629. The first kappa shape index (κ1) is 7.98. The first-order chi connectivity index (χ1) is 5.18. The van der Waals surface area contributed by atoms with Gasteiger partial charge in [-0.2, -0.15) is 0 Å². The second-order valence-corrected chi connectivity index (χ2v) is 2.72. The van der Waals surface area contributed by atoms with Gasteiger partial charge in [0.15, 0.2) is 0 Å². The number of Topliss-reactive ketones (excluding diaryl/α,β-unsaturated/α-hetero) is 1. The van der Waals surface area contributed by atoms with Crippen LogP contribution in [0.4, 0.5) is 0 Å². The lowest BCUT2D eigenvalue weighted by molar-refractivity contribution is -0.123. The van der Waals surface area contributed by atoms with Gasteiger partial charge in [0, 0.05) is 6.42 Å². The minimum absolute atomic E-state index is 0.0110. The molecule has 1 aliphatic rings.